The highest BCUT2D eigenvalue weighted by atomic mass is 32.2. The molecule has 1 aliphatic rings. The van der Waals surface area contributed by atoms with Crippen LogP contribution in [-0.4, -0.2) is 81.8 Å². The standard InChI is InChI=1S/C20H31N3O7S/c1-5-23(6-2)14-8-16(13(22-11(4)26)7-12(14)21-10(3)25)31-20-19(29)18(28)17(27)15(9-24)30-20/h7-8,15,17-20,24,27-29H,5-6,9H2,1-4H3,(H,21,25)(H,22,26)/t15-,17+,18+,19-,20+/m1/s1. The third kappa shape index (κ3) is 6.09. The molecule has 5 atom stereocenters. The molecule has 0 bridgehead atoms. The summed E-state index contributed by atoms with van der Waals surface area (Å²) in [6.07, 6.45) is -5.44. The number of nitrogens with one attached hydrogen (secondary N) is 2. The Balaban J connectivity index is 2.51. The molecule has 0 spiro atoms. The number of aliphatic hydroxyl groups excluding tert-OH is 4. The summed E-state index contributed by atoms with van der Waals surface area (Å²) in [5.74, 6) is -0.600. The fraction of sp³-hybridized carbons (Fsp3) is 0.600. The van der Waals surface area contributed by atoms with Crippen LogP contribution in [0, 0.1) is 0 Å². The second-order valence-corrected chi connectivity index (χ2v) is 8.36. The van der Waals surface area contributed by atoms with Crippen LogP contribution < -0.4 is 15.5 Å². The van der Waals surface area contributed by atoms with E-state index in [9.17, 15) is 30.0 Å². The normalized spacial score (nSPS) is 25.7. The van der Waals surface area contributed by atoms with Crippen molar-refractivity contribution in [3.05, 3.63) is 12.1 Å². The van der Waals surface area contributed by atoms with Crippen LogP contribution in [0.1, 0.15) is 27.7 Å². The molecule has 11 heteroatoms. The SMILES string of the molecule is CCN(CC)c1cc(S[C@@H]2O[C@H](CO)[C@H](O)[C@H](O)[C@H]2O)c(NC(C)=O)cc1NC(C)=O. The highest BCUT2D eigenvalue weighted by molar-refractivity contribution is 8.00. The molecule has 1 saturated heterocycles. The van der Waals surface area contributed by atoms with Crippen molar-refractivity contribution in [2.24, 2.45) is 0 Å². The van der Waals surface area contributed by atoms with Gasteiger partial charge in [-0.3, -0.25) is 9.59 Å². The van der Waals surface area contributed by atoms with Gasteiger partial charge in [-0.15, -0.1) is 0 Å². The van der Waals surface area contributed by atoms with Crippen molar-refractivity contribution in [3.8, 4) is 0 Å². The smallest absolute Gasteiger partial charge is 0.221 e. The number of hydrogen-bond donors (Lipinski definition) is 6. The molecule has 1 aromatic carbocycles. The number of rotatable bonds is 8. The van der Waals surface area contributed by atoms with Crippen molar-refractivity contribution < 1.29 is 34.8 Å². The topological polar surface area (TPSA) is 152 Å². The number of ether oxygens (including phenoxy) is 1. The maximum atomic E-state index is 11.8. The molecule has 1 aromatic rings. The van der Waals surface area contributed by atoms with Gasteiger partial charge in [-0.25, -0.2) is 0 Å². The first-order valence-corrected chi connectivity index (χ1v) is 11.0. The lowest BCUT2D eigenvalue weighted by Gasteiger charge is -2.39. The van der Waals surface area contributed by atoms with Gasteiger partial charge >= 0.3 is 0 Å². The van der Waals surface area contributed by atoms with Crippen LogP contribution in [0.4, 0.5) is 17.1 Å². The monoisotopic (exact) mass is 457 g/mol. The van der Waals surface area contributed by atoms with Gasteiger partial charge in [0.25, 0.3) is 0 Å². The van der Waals surface area contributed by atoms with Crippen LogP contribution in [0.2, 0.25) is 0 Å². The van der Waals surface area contributed by atoms with Gasteiger partial charge in [0.15, 0.2) is 0 Å². The second-order valence-electron chi connectivity index (χ2n) is 7.22. The Hall–Kier alpha value is -1.89. The number of hydrogen-bond acceptors (Lipinski definition) is 9. The molecule has 1 fully saturated rings. The van der Waals surface area contributed by atoms with Gasteiger partial charge in [-0.1, -0.05) is 11.8 Å². The lowest BCUT2D eigenvalue weighted by molar-refractivity contribution is -0.205. The van der Waals surface area contributed by atoms with Crippen molar-refractivity contribution in [1.82, 2.24) is 0 Å². The third-order valence-electron chi connectivity index (χ3n) is 4.91. The average molecular weight is 458 g/mol. The summed E-state index contributed by atoms with van der Waals surface area (Å²) in [4.78, 5) is 26.0. The molecule has 2 rings (SSSR count). The van der Waals surface area contributed by atoms with Crippen molar-refractivity contribution >= 4 is 40.6 Å². The molecule has 0 radical (unpaired) electrons. The molecule has 31 heavy (non-hydrogen) atoms. The lowest BCUT2D eigenvalue weighted by atomic mass is 10.0. The van der Waals surface area contributed by atoms with Gasteiger partial charge in [0.05, 0.1) is 23.7 Å². The van der Waals surface area contributed by atoms with E-state index >= 15 is 0 Å². The Morgan fingerprint density at radius 3 is 2.10 bits per heavy atom. The van der Waals surface area contributed by atoms with Crippen LogP contribution in [0.25, 0.3) is 0 Å². The zero-order valence-corrected chi connectivity index (χ0v) is 18.8. The molecule has 0 saturated carbocycles. The van der Waals surface area contributed by atoms with E-state index in [-0.39, 0.29) is 11.8 Å². The number of carbonyl (C=O) groups is 2. The largest absolute Gasteiger partial charge is 0.394 e. The molecular weight excluding hydrogens is 426 g/mol. The van der Waals surface area contributed by atoms with E-state index in [1.54, 1.807) is 12.1 Å². The molecule has 0 unspecified atom stereocenters. The first-order chi connectivity index (χ1) is 14.6. The quantitative estimate of drug-likeness (QED) is 0.325. The lowest BCUT2D eigenvalue weighted by Crippen LogP contribution is -2.57. The number of benzene rings is 1. The fourth-order valence-electron chi connectivity index (χ4n) is 3.36. The molecule has 1 aliphatic heterocycles. The summed E-state index contributed by atoms with van der Waals surface area (Å²) in [5.41, 5.74) is 0.591. The van der Waals surface area contributed by atoms with Gasteiger partial charge < -0.3 is 40.7 Å². The van der Waals surface area contributed by atoms with Gasteiger partial charge in [-0.05, 0) is 26.0 Å². The van der Waals surface area contributed by atoms with E-state index in [4.69, 9.17) is 4.74 Å². The van der Waals surface area contributed by atoms with Gasteiger partial charge in [0.1, 0.15) is 29.9 Å². The van der Waals surface area contributed by atoms with E-state index in [1.165, 1.54) is 13.8 Å². The molecule has 1 heterocycles. The third-order valence-corrected chi connectivity index (χ3v) is 6.13. The van der Waals surface area contributed by atoms with Crippen LogP contribution >= 0.6 is 11.8 Å². The highest BCUT2D eigenvalue weighted by Gasteiger charge is 2.44. The van der Waals surface area contributed by atoms with E-state index in [1.807, 2.05) is 18.7 Å². The van der Waals surface area contributed by atoms with Gasteiger partial charge in [-0.2, -0.15) is 0 Å². The van der Waals surface area contributed by atoms with Crippen molar-refractivity contribution in [1.29, 1.82) is 0 Å². The first-order valence-electron chi connectivity index (χ1n) is 10.1. The molecule has 6 N–H and O–H groups in total. The number of amides is 2. The Bertz CT molecular complexity index is 788. The number of nitrogens with zero attached hydrogens (tertiary/aromatic N) is 1. The summed E-state index contributed by atoms with van der Waals surface area (Å²) in [6.45, 7) is 7.45. The molecule has 10 nitrogen and oxygen atoms in total. The average Bonchev–Trinajstić information content (AvgIpc) is 2.71. The van der Waals surface area contributed by atoms with Crippen molar-refractivity contribution in [3.63, 3.8) is 0 Å². The Morgan fingerprint density at radius 1 is 1.00 bits per heavy atom. The van der Waals surface area contributed by atoms with Crippen molar-refractivity contribution in [2.75, 3.05) is 35.2 Å². The predicted molar refractivity (Wildman–Crippen MR) is 118 cm³/mol. The van der Waals surface area contributed by atoms with E-state index in [2.05, 4.69) is 10.6 Å². The first kappa shape index (κ1) is 25.4. The number of anilines is 3. The molecular formula is C20H31N3O7S. The summed E-state index contributed by atoms with van der Waals surface area (Å²) in [7, 11) is 0. The van der Waals surface area contributed by atoms with E-state index < -0.39 is 36.5 Å². The van der Waals surface area contributed by atoms with Crippen LogP contribution in [-0.2, 0) is 14.3 Å². The minimum Gasteiger partial charge on any atom is -0.394 e. The predicted octanol–water partition coefficient (Wildman–Crippen LogP) is 0.342. The zero-order valence-electron chi connectivity index (χ0n) is 18.0. The molecule has 0 aromatic heterocycles. The molecule has 174 valence electrons. The van der Waals surface area contributed by atoms with Gasteiger partial charge in [0, 0.05) is 31.8 Å². The molecule has 0 aliphatic carbocycles. The minimum atomic E-state index is -1.51. The number of carbonyl (C=O) groups excluding carboxylic acids is 2. The summed E-state index contributed by atoms with van der Waals surface area (Å²) >= 11 is 1.04. The van der Waals surface area contributed by atoms with Gasteiger partial charge in [0.2, 0.25) is 11.8 Å². The highest BCUT2D eigenvalue weighted by Crippen LogP contribution is 2.42. The molecule has 2 amide bonds. The maximum absolute atomic E-state index is 11.8. The zero-order chi connectivity index (χ0) is 23.3. The van der Waals surface area contributed by atoms with E-state index in [0.717, 1.165) is 11.8 Å². The van der Waals surface area contributed by atoms with Crippen LogP contribution in [0.15, 0.2) is 17.0 Å². The number of thioether (sulfide) groups is 1. The number of aliphatic hydroxyl groups is 4. The summed E-state index contributed by atoms with van der Waals surface area (Å²) in [5, 5.41) is 45.4. The summed E-state index contributed by atoms with van der Waals surface area (Å²) in [6, 6.07) is 3.39. The van der Waals surface area contributed by atoms with E-state index in [0.29, 0.717) is 35.0 Å². The second kappa shape index (κ2) is 11.1. The summed E-state index contributed by atoms with van der Waals surface area (Å²) < 4.78 is 5.60. The maximum Gasteiger partial charge on any atom is 0.221 e. The Labute approximate surface area is 185 Å². The van der Waals surface area contributed by atoms with Crippen LogP contribution in [0.5, 0.6) is 0 Å². The van der Waals surface area contributed by atoms with Crippen LogP contribution in [0.3, 0.4) is 0 Å². The van der Waals surface area contributed by atoms with Crippen molar-refractivity contribution in [2.45, 2.75) is 62.4 Å². The Kier molecular flexibility index (Phi) is 9.10. The minimum absolute atomic E-state index is 0.267. The Morgan fingerprint density at radius 2 is 1.58 bits per heavy atom. The fourth-order valence-corrected chi connectivity index (χ4v) is 4.53.